The molecule has 7 heteroatoms. The summed E-state index contributed by atoms with van der Waals surface area (Å²) in [7, 11) is 5.35. The Balaban J connectivity index is 3.52. The molecular weight excluding hydrogens is 434 g/mol. The molecule has 0 fully saturated rings. The van der Waals surface area contributed by atoms with Gasteiger partial charge in [-0.15, -0.1) is 0 Å². The first-order chi connectivity index (χ1) is 16.2. The lowest BCUT2D eigenvalue weighted by molar-refractivity contribution is -0.889. The quantitative estimate of drug-likeness (QED) is 0.126. The number of unbranched alkanes of at least 4 members (excludes halogenated alkanes) is 13. The zero-order valence-electron chi connectivity index (χ0n) is 22.5. The Hall–Kier alpha value is -1.18. The second-order valence-electron chi connectivity index (χ2n) is 10.5. The van der Waals surface area contributed by atoms with E-state index in [0.717, 1.165) is 19.3 Å². The normalized spacial score (nSPS) is 13.6. The summed E-state index contributed by atoms with van der Waals surface area (Å²) in [5.74, 6) is -1.41. The number of aliphatic hydroxyl groups excluding tert-OH is 1. The summed E-state index contributed by atoms with van der Waals surface area (Å²) in [6.45, 7) is 2.35. The van der Waals surface area contributed by atoms with E-state index in [1.807, 2.05) is 0 Å². The first-order valence-corrected chi connectivity index (χ1v) is 13.6. The zero-order valence-corrected chi connectivity index (χ0v) is 22.5. The number of aliphatic hydroxyl groups is 1. The summed E-state index contributed by atoms with van der Waals surface area (Å²) in [5.41, 5.74) is 0. The fraction of sp³-hybridized carbons (Fsp3) is 0.926. The van der Waals surface area contributed by atoms with Crippen LogP contribution in [0.1, 0.15) is 110 Å². The summed E-state index contributed by atoms with van der Waals surface area (Å²) in [6, 6.07) is -0.680. The smallest absolute Gasteiger partial charge is 0.305 e. The van der Waals surface area contributed by atoms with Crippen molar-refractivity contribution in [2.75, 3.05) is 41.0 Å². The van der Waals surface area contributed by atoms with Crippen LogP contribution in [0.5, 0.6) is 0 Å². The van der Waals surface area contributed by atoms with Crippen molar-refractivity contribution in [2.24, 2.45) is 0 Å². The molecule has 34 heavy (non-hydrogen) atoms. The molecule has 2 atom stereocenters. The first kappa shape index (κ1) is 32.8. The maximum Gasteiger partial charge on any atom is 0.305 e. The van der Waals surface area contributed by atoms with E-state index >= 15 is 0 Å². The van der Waals surface area contributed by atoms with E-state index in [0.29, 0.717) is 6.42 Å². The molecule has 0 saturated heterocycles. The molecule has 0 aliphatic heterocycles. The minimum absolute atomic E-state index is 0.00302. The molecule has 2 unspecified atom stereocenters. The van der Waals surface area contributed by atoms with Gasteiger partial charge in [0.05, 0.1) is 40.3 Å². The number of carboxylic acids is 1. The minimum Gasteiger partial charge on any atom is -0.544 e. The number of likely N-dealkylation sites (N-methyl/N-ethyl adjacent to an activating group) is 1. The lowest BCUT2D eigenvalue weighted by atomic mass is 10.0. The number of carbonyl (C=O) groups excluding carboxylic acids is 2. The molecule has 0 aliphatic rings. The highest BCUT2D eigenvalue weighted by Gasteiger charge is 2.24. The molecule has 0 aromatic rings. The Kier molecular flexibility index (Phi) is 20.4. The van der Waals surface area contributed by atoms with E-state index < -0.39 is 18.1 Å². The molecule has 0 saturated carbocycles. The van der Waals surface area contributed by atoms with Crippen molar-refractivity contribution in [3.63, 3.8) is 0 Å². The molecule has 0 amide bonds. The van der Waals surface area contributed by atoms with Gasteiger partial charge < -0.3 is 29.0 Å². The van der Waals surface area contributed by atoms with Crippen LogP contribution in [0, 0.1) is 0 Å². The summed E-state index contributed by atoms with van der Waals surface area (Å²) in [6.07, 6.45) is 17.6. The van der Waals surface area contributed by atoms with Crippen LogP contribution in [0.3, 0.4) is 0 Å². The summed E-state index contributed by atoms with van der Waals surface area (Å²) >= 11 is 0. The van der Waals surface area contributed by atoms with E-state index in [1.54, 1.807) is 21.1 Å². The Morgan fingerprint density at radius 1 is 0.794 bits per heavy atom. The van der Waals surface area contributed by atoms with Gasteiger partial charge in [-0.2, -0.15) is 0 Å². The van der Waals surface area contributed by atoms with Crippen molar-refractivity contribution < 1.29 is 33.8 Å². The molecule has 1 N–H and O–H groups in total. The average Bonchev–Trinajstić information content (AvgIpc) is 2.76. The van der Waals surface area contributed by atoms with Crippen molar-refractivity contribution in [1.29, 1.82) is 0 Å². The van der Waals surface area contributed by atoms with Gasteiger partial charge in [0, 0.05) is 12.8 Å². The van der Waals surface area contributed by atoms with Gasteiger partial charge in [-0.25, -0.2) is 0 Å². The topological polar surface area (TPSA) is 95.9 Å². The lowest BCUT2D eigenvalue weighted by Gasteiger charge is -2.34. The van der Waals surface area contributed by atoms with Crippen LogP contribution in [-0.4, -0.2) is 74.6 Å². The molecule has 7 nitrogen and oxygen atoms in total. The third-order valence-corrected chi connectivity index (χ3v) is 6.22. The number of hydrogen-bond acceptors (Lipinski definition) is 6. The molecule has 0 aliphatic carbocycles. The monoisotopic (exact) mass is 487 g/mol. The average molecular weight is 488 g/mol. The molecule has 0 rings (SSSR count). The van der Waals surface area contributed by atoms with Crippen LogP contribution >= 0.6 is 0 Å². The molecule has 0 spiro atoms. The third kappa shape index (κ3) is 20.2. The van der Waals surface area contributed by atoms with E-state index in [4.69, 9.17) is 9.47 Å². The highest BCUT2D eigenvalue weighted by Crippen LogP contribution is 2.13. The second-order valence-corrected chi connectivity index (χ2v) is 10.5. The van der Waals surface area contributed by atoms with Crippen molar-refractivity contribution >= 4 is 11.9 Å². The second kappa shape index (κ2) is 21.1. The Morgan fingerprint density at radius 2 is 1.26 bits per heavy atom. The molecule has 202 valence electrons. The van der Waals surface area contributed by atoms with E-state index in [-0.39, 0.29) is 36.7 Å². The predicted molar refractivity (Wildman–Crippen MR) is 134 cm³/mol. The third-order valence-electron chi connectivity index (χ3n) is 6.22. The molecule has 0 radical (unpaired) electrons. The van der Waals surface area contributed by atoms with Crippen LogP contribution in [-0.2, 0) is 19.1 Å². The maximum absolute atomic E-state index is 11.8. The number of carbonyl (C=O) groups is 2. The van der Waals surface area contributed by atoms with Crippen molar-refractivity contribution in [3.05, 3.63) is 0 Å². The number of rotatable bonds is 24. The number of nitrogens with zero attached hydrogens (tertiary/aromatic N) is 1. The Labute approximate surface area is 208 Å². The summed E-state index contributed by atoms with van der Waals surface area (Å²) < 4.78 is 10.7. The summed E-state index contributed by atoms with van der Waals surface area (Å²) in [5, 5.41) is 21.1. The fourth-order valence-corrected chi connectivity index (χ4v) is 4.01. The SMILES string of the molecule is CCCCCCCCCCCCCCCCC(=O)OCC(O)COCCC(C(=O)[O-])[N+](C)(C)C. The maximum atomic E-state index is 11.8. The van der Waals surface area contributed by atoms with Gasteiger partial charge >= 0.3 is 5.97 Å². The van der Waals surface area contributed by atoms with Gasteiger partial charge in [0.15, 0.2) is 0 Å². The lowest BCUT2D eigenvalue weighted by Crippen LogP contribution is -2.55. The molecule has 0 aromatic carbocycles. The van der Waals surface area contributed by atoms with E-state index in [2.05, 4.69) is 6.92 Å². The number of quaternary nitrogens is 1. The van der Waals surface area contributed by atoms with Crippen LogP contribution in [0.25, 0.3) is 0 Å². The minimum atomic E-state index is -1.12. The molecular formula is C27H53NO6. The van der Waals surface area contributed by atoms with Crippen LogP contribution < -0.4 is 5.11 Å². The predicted octanol–water partition coefficient (Wildman–Crippen LogP) is 3.99. The van der Waals surface area contributed by atoms with Crippen LogP contribution in [0.15, 0.2) is 0 Å². The van der Waals surface area contributed by atoms with Crippen LogP contribution in [0.2, 0.25) is 0 Å². The van der Waals surface area contributed by atoms with Gasteiger partial charge in [0.1, 0.15) is 18.8 Å². The van der Waals surface area contributed by atoms with E-state index in [9.17, 15) is 19.8 Å². The Morgan fingerprint density at radius 3 is 1.71 bits per heavy atom. The van der Waals surface area contributed by atoms with Crippen LogP contribution in [0.4, 0.5) is 0 Å². The molecule has 0 heterocycles. The van der Waals surface area contributed by atoms with Crippen molar-refractivity contribution in [2.45, 2.75) is 122 Å². The van der Waals surface area contributed by atoms with Gasteiger partial charge in [-0.1, -0.05) is 90.4 Å². The molecule has 0 bridgehead atoms. The highest BCUT2D eigenvalue weighted by molar-refractivity contribution is 5.69. The van der Waals surface area contributed by atoms with Crippen molar-refractivity contribution in [1.82, 2.24) is 0 Å². The van der Waals surface area contributed by atoms with E-state index in [1.165, 1.54) is 70.6 Å². The standard InChI is InChI=1S/C27H53NO6/c1-5-6-7-8-9-10-11-12-13-14-15-16-17-18-19-26(30)34-23-24(29)22-33-21-20-25(27(31)32)28(2,3)4/h24-25,29H,5-23H2,1-4H3. The number of esters is 1. The number of carboxylic acid groups (broad SMARTS) is 1. The van der Waals surface area contributed by atoms with Gasteiger partial charge in [-0.3, -0.25) is 4.79 Å². The number of hydrogen-bond donors (Lipinski definition) is 1. The van der Waals surface area contributed by atoms with Gasteiger partial charge in [-0.05, 0) is 6.42 Å². The summed E-state index contributed by atoms with van der Waals surface area (Å²) in [4.78, 5) is 23.0. The zero-order chi connectivity index (χ0) is 25.7. The largest absolute Gasteiger partial charge is 0.544 e. The highest BCUT2D eigenvalue weighted by atomic mass is 16.5. The first-order valence-electron chi connectivity index (χ1n) is 13.6. The van der Waals surface area contributed by atoms with Gasteiger partial charge in [0.25, 0.3) is 0 Å². The number of ether oxygens (including phenoxy) is 2. The van der Waals surface area contributed by atoms with Gasteiger partial charge in [0.2, 0.25) is 0 Å². The Bertz CT molecular complexity index is 506. The molecule has 0 aromatic heterocycles. The number of aliphatic carboxylic acids is 1. The van der Waals surface area contributed by atoms with Crippen molar-refractivity contribution in [3.8, 4) is 0 Å². The fourth-order valence-electron chi connectivity index (χ4n) is 4.01.